The van der Waals surface area contributed by atoms with Crippen molar-refractivity contribution in [2.24, 2.45) is 0 Å². The Balaban J connectivity index is 1.87. The lowest BCUT2D eigenvalue weighted by Crippen LogP contribution is -2.37. The number of hydrogen-bond donors (Lipinski definition) is 2. The molecule has 0 heterocycles. The lowest BCUT2D eigenvalue weighted by molar-refractivity contribution is -0.385. The van der Waals surface area contributed by atoms with Gasteiger partial charge in [-0.2, -0.15) is 0 Å². The van der Waals surface area contributed by atoms with Gasteiger partial charge >= 0.3 is 0 Å². The van der Waals surface area contributed by atoms with Gasteiger partial charge in [0, 0.05) is 17.8 Å². The maximum atomic E-state index is 11.8. The zero-order chi connectivity index (χ0) is 19.1. The van der Waals surface area contributed by atoms with Crippen LogP contribution in [0.4, 0.5) is 11.4 Å². The predicted molar refractivity (Wildman–Crippen MR) is 95.4 cm³/mol. The second-order valence-electron chi connectivity index (χ2n) is 4.90. The maximum Gasteiger partial charge on any atom is 0.271 e. The first-order chi connectivity index (χ1) is 12.4. The number of rotatable bonds is 6. The van der Waals surface area contributed by atoms with E-state index in [1.165, 1.54) is 7.11 Å². The van der Waals surface area contributed by atoms with E-state index in [0.717, 1.165) is 18.2 Å². The molecule has 9 nitrogen and oxygen atoms in total. The molecule has 0 unspecified atom stereocenters. The monoisotopic (exact) mass is 376 g/mol. The number of thiocarbonyl (C=S) groups is 1. The number of amides is 1. The number of carbonyl (C=O) groups is 1. The van der Waals surface area contributed by atoms with Crippen LogP contribution in [0.1, 0.15) is 0 Å². The Morgan fingerprint density at radius 3 is 2.46 bits per heavy atom. The lowest BCUT2D eigenvalue weighted by atomic mass is 10.2. The summed E-state index contributed by atoms with van der Waals surface area (Å²) >= 11 is 4.92. The number of ether oxygens (including phenoxy) is 2. The number of hydrogen-bond acceptors (Lipinski definition) is 7. The molecule has 0 radical (unpaired) electrons. The molecule has 2 N–H and O–H groups in total. The van der Waals surface area contributed by atoms with Gasteiger partial charge in [-0.25, -0.2) is 0 Å². The Kier molecular flexibility index (Phi) is 6.28. The summed E-state index contributed by atoms with van der Waals surface area (Å²) in [5.41, 5.74) is -0.385. The molecule has 2 rings (SSSR count). The summed E-state index contributed by atoms with van der Waals surface area (Å²) in [5.74, 6) is 0.0517. The number of nitro benzene ring substituents is 1. The van der Waals surface area contributed by atoms with Crippen molar-refractivity contribution in [1.29, 1.82) is 0 Å². The van der Waals surface area contributed by atoms with E-state index >= 15 is 0 Å². The van der Waals surface area contributed by atoms with Crippen molar-refractivity contribution < 1.29 is 24.3 Å². The van der Waals surface area contributed by atoms with Crippen LogP contribution in [-0.4, -0.2) is 29.7 Å². The minimum atomic E-state index is -0.644. The van der Waals surface area contributed by atoms with Crippen molar-refractivity contribution in [2.75, 3.05) is 19.0 Å². The van der Waals surface area contributed by atoms with Crippen LogP contribution in [0.2, 0.25) is 0 Å². The summed E-state index contributed by atoms with van der Waals surface area (Å²) in [6.07, 6.45) is 0. The van der Waals surface area contributed by atoms with E-state index in [0.29, 0.717) is 11.5 Å². The second kappa shape index (κ2) is 8.62. The SMILES string of the molecule is COc1ccc(OCC(=O)NC(=S)Nc2cc([N+](=O)[O-])ccc2[O-])cc1. The number of nitro groups is 1. The van der Waals surface area contributed by atoms with Crippen molar-refractivity contribution in [1.82, 2.24) is 5.32 Å². The fourth-order valence-electron chi connectivity index (χ4n) is 1.87. The van der Waals surface area contributed by atoms with Crippen molar-refractivity contribution in [3.05, 3.63) is 52.6 Å². The fraction of sp³-hybridized carbons (Fsp3) is 0.125. The quantitative estimate of drug-likeness (QED) is 0.442. The number of nitrogens with zero attached hydrogens (tertiary/aromatic N) is 1. The van der Waals surface area contributed by atoms with Crippen LogP contribution in [0.25, 0.3) is 0 Å². The molecule has 0 aliphatic carbocycles. The van der Waals surface area contributed by atoms with E-state index < -0.39 is 16.6 Å². The molecule has 0 saturated heterocycles. The van der Waals surface area contributed by atoms with E-state index in [-0.39, 0.29) is 23.1 Å². The van der Waals surface area contributed by atoms with Gasteiger partial charge in [0.2, 0.25) is 0 Å². The topological polar surface area (TPSA) is 126 Å². The predicted octanol–water partition coefficient (Wildman–Crippen LogP) is 1.57. The molecule has 0 aliphatic rings. The molecule has 0 bridgehead atoms. The highest BCUT2D eigenvalue weighted by molar-refractivity contribution is 7.80. The first-order valence-corrected chi connectivity index (χ1v) is 7.63. The highest BCUT2D eigenvalue weighted by Crippen LogP contribution is 2.25. The van der Waals surface area contributed by atoms with Gasteiger partial charge < -0.3 is 19.9 Å². The van der Waals surface area contributed by atoms with Gasteiger partial charge in [0.05, 0.1) is 12.0 Å². The average Bonchev–Trinajstić information content (AvgIpc) is 2.62. The summed E-state index contributed by atoms with van der Waals surface area (Å²) in [6.45, 7) is -0.312. The molecule has 0 saturated carbocycles. The number of methoxy groups -OCH3 is 1. The molecule has 1 amide bonds. The summed E-state index contributed by atoms with van der Waals surface area (Å²) in [6, 6.07) is 9.78. The van der Waals surface area contributed by atoms with Gasteiger partial charge in [-0.3, -0.25) is 20.2 Å². The van der Waals surface area contributed by atoms with E-state index in [2.05, 4.69) is 10.6 Å². The van der Waals surface area contributed by atoms with Crippen molar-refractivity contribution in [3.63, 3.8) is 0 Å². The Hall–Kier alpha value is -3.40. The third kappa shape index (κ3) is 5.31. The lowest BCUT2D eigenvalue weighted by Gasteiger charge is -2.16. The zero-order valence-electron chi connectivity index (χ0n) is 13.6. The van der Waals surface area contributed by atoms with Crippen LogP contribution in [0, 0.1) is 10.1 Å². The fourth-order valence-corrected chi connectivity index (χ4v) is 2.09. The van der Waals surface area contributed by atoms with Gasteiger partial charge in [0.1, 0.15) is 11.5 Å². The smallest absolute Gasteiger partial charge is 0.271 e. The molecule has 0 atom stereocenters. The number of anilines is 1. The van der Waals surface area contributed by atoms with Crippen LogP contribution in [0.15, 0.2) is 42.5 Å². The summed E-state index contributed by atoms with van der Waals surface area (Å²) < 4.78 is 10.3. The molecule has 2 aromatic rings. The van der Waals surface area contributed by atoms with Gasteiger partial charge in [0.25, 0.3) is 11.6 Å². The van der Waals surface area contributed by atoms with E-state index in [9.17, 15) is 20.0 Å². The Morgan fingerprint density at radius 1 is 1.19 bits per heavy atom. The minimum Gasteiger partial charge on any atom is -0.871 e. The molecular formula is C16H14N3O6S-. The third-order valence-electron chi connectivity index (χ3n) is 3.10. The highest BCUT2D eigenvalue weighted by atomic mass is 32.1. The van der Waals surface area contributed by atoms with Crippen LogP contribution in [0.3, 0.4) is 0 Å². The largest absolute Gasteiger partial charge is 0.871 e. The average molecular weight is 376 g/mol. The first-order valence-electron chi connectivity index (χ1n) is 7.22. The molecule has 136 valence electrons. The Bertz CT molecular complexity index is 825. The van der Waals surface area contributed by atoms with Gasteiger partial charge in [-0.05, 0) is 36.5 Å². The molecule has 0 fully saturated rings. The number of non-ortho nitro benzene ring substituents is 1. The van der Waals surface area contributed by atoms with Crippen LogP contribution < -0.4 is 25.2 Å². The van der Waals surface area contributed by atoms with Crippen molar-refractivity contribution >= 4 is 34.6 Å². The van der Waals surface area contributed by atoms with Crippen molar-refractivity contribution in [2.45, 2.75) is 0 Å². The normalized spacial score (nSPS) is 9.88. The first kappa shape index (κ1) is 18.9. The van der Waals surface area contributed by atoms with Crippen LogP contribution in [0.5, 0.6) is 17.2 Å². The van der Waals surface area contributed by atoms with Gasteiger partial charge in [-0.1, -0.05) is 11.8 Å². The van der Waals surface area contributed by atoms with E-state index in [4.69, 9.17) is 21.7 Å². The summed E-state index contributed by atoms with van der Waals surface area (Å²) in [5, 5.41) is 27.0. The zero-order valence-corrected chi connectivity index (χ0v) is 14.4. The van der Waals surface area contributed by atoms with E-state index in [1.54, 1.807) is 24.3 Å². The highest BCUT2D eigenvalue weighted by Gasteiger charge is 2.10. The number of carbonyl (C=O) groups excluding carboxylic acids is 1. The molecule has 10 heteroatoms. The Labute approximate surface area is 153 Å². The van der Waals surface area contributed by atoms with Crippen LogP contribution in [-0.2, 0) is 4.79 Å². The summed E-state index contributed by atoms with van der Waals surface area (Å²) in [7, 11) is 1.53. The standard InChI is InChI=1S/C16H15N3O6S/c1-24-11-3-5-12(6-4-11)25-9-15(21)18-16(26)17-13-8-10(19(22)23)2-7-14(13)20/h2-8,20H,9H2,1H3,(H2,17,18,21,26)/p-1. The minimum absolute atomic E-state index is 0.111. The molecule has 26 heavy (non-hydrogen) atoms. The van der Waals surface area contributed by atoms with E-state index in [1.807, 2.05) is 0 Å². The van der Waals surface area contributed by atoms with Crippen LogP contribution >= 0.6 is 12.2 Å². The number of benzene rings is 2. The molecule has 0 spiro atoms. The van der Waals surface area contributed by atoms with Crippen molar-refractivity contribution in [3.8, 4) is 17.2 Å². The summed E-state index contributed by atoms with van der Waals surface area (Å²) in [4.78, 5) is 21.9. The van der Waals surface area contributed by atoms with Gasteiger partial charge in [0.15, 0.2) is 11.7 Å². The molecule has 2 aromatic carbocycles. The Morgan fingerprint density at radius 2 is 1.85 bits per heavy atom. The maximum absolute atomic E-state index is 11.8. The number of nitrogens with one attached hydrogen (secondary N) is 2. The molecule has 0 aliphatic heterocycles. The van der Waals surface area contributed by atoms with Gasteiger partial charge in [-0.15, -0.1) is 0 Å². The second-order valence-corrected chi connectivity index (χ2v) is 5.31. The third-order valence-corrected chi connectivity index (χ3v) is 3.31. The molecular weight excluding hydrogens is 362 g/mol. The molecule has 0 aromatic heterocycles.